The molecule has 1 amide bonds. The van der Waals surface area contributed by atoms with E-state index >= 15 is 0 Å². The first-order valence-electron chi connectivity index (χ1n) is 9.52. The molecule has 1 aliphatic heterocycles. The summed E-state index contributed by atoms with van der Waals surface area (Å²) in [6.07, 6.45) is -4.56. The third-order valence-electron chi connectivity index (χ3n) is 4.97. The largest absolute Gasteiger partial charge is 0.505 e. The first-order chi connectivity index (χ1) is 15.1. The van der Waals surface area contributed by atoms with Crippen LogP contribution in [0.4, 0.5) is 30.2 Å². The van der Waals surface area contributed by atoms with Gasteiger partial charge in [0.05, 0.1) is 21.4 Å². The molecular weight excluding hydrogens is 487 g/mol. The number of carbonyl (C=O) groups excluding carboxylic acids is 1. The molecule has 4 rings (SSSR count). The average Bonchev–Trinajstić information content (AvgIpc) is 2.98. The van der Waals surface area contributed by atoms with Crippen LogP contribution in [-0.2, 0) is 11.0 Å². The van der Waals surface area contributed by atoms with Crippen molar-refractivity contribution >= 4 is 44.6 Å². The number of amides is 1. The van der Waals surface area contributed by atoms with Crippen LogP contribution in [-0.4, -0.2) is 16.7 Å². The first kappa shape index (κ1) is 21.9. The molecule has 164 valence electrons. The third-order valence-corrected chi connectivity index (χ3v) is 5.61. The van der Waals surface area contributed by atoms with Crippen molar-refractivity contribution in [2.75, 3.05) is 10.3 Å². The van der Waals surface area contributed by atoms with Crippen LogP contribution in [0.2, 0.25) is 0 Å². The van der Waals surface area contributed by atoms with Gasteiger partial charge in [0.2, 0.25) is 0 Å². The van der Waals surface area contributed by atoms with Gasteiger partial charge in [0.1, 0.15) is 0 Å². The summed E-state index contributed by atoms with van der Waals surface area (Å²) in [6.45, 7) is 3.69. The van der Waals surface area contributed by atoms with Gasteiger partial charge in [0, 0.05) is 11.3 Å². The van der Waals surface area contributed by atoms with Crippen molar-refractivity contribution in [1.29, 1.82) is 0 Å². The molecule has 9 heteroatoms. The fourth-order valence-electron chi connectivity index (χ4n) is 3.59. The minimum Gasteiger partial charge on any atom is -0.505 e. The quantitative estimate of drug-likeness (QED) is 0.326. The Kier molecular flexibility index (Phi) is 5.46. The molecule has 0 spiro atoms. The molecule has 0 bridgehead atoms. The van der Waals surface area contributed by atoms with Crippen LogP contribution < -0.4 is 10.3 Å². The number of hydrogen-bond donors (Lipinski definition) is 2. The van der Waals surface area contributed by atoms with Gasteiger partial charge in [-0.25, -0.2) is 0 Å². The summed E-state index contributed by atoms with van der Waals surface area (Å²) in [5.41, 5.74) is 4.48. The summed E-state index contributed by atoms with van der Waals surface area (Å²) < 4.78 is 40.6. The maximum Gasteiger partial charge on any atom is 0.416 e. The number of aromatic hydroxyl groups is 1. The minimum absolute atomic E-state index is 0.0627. The Hall–Kier alpha value is -3.33. The van der Waals surface area contributed by atoms with E-state index in [0.29, 0.717) is 10.2 Å². The highest BCUT2D eigenvalue weighted by molar-refractivity contribution is 9.10. The maximum absolute atomic E-state index is 13.4. The predicted molar refractivity (Wildman–Crippen MR) is 120 cm³/mol. The van der Waals surface area contributed by atoms with E-state index in [1.165, 1.54) is 11.0 Å². The van der Waals surface area contributed by atoms with Crippen LogP contribution >= 0.6 is 15.9 Å². The number of alkyl halides is 3. The summed E-state index contributed by atoms with van der Waals surface area (Å²) in [6, 6.07) is 13.3. The molecule has 32 heavy (non-hydrogen) atoms. The Morgan fingerprint density at radius 2 is 1.72 bits per heavy atom. The minimum atomic E-state index is -4.56. The van der Waals surface area contributed by atoms with Gasteiger partial charge in [0.15, 0.2) is 11.5 Å². The number of nitrogens with one attached hydrogen (secondary N) is 1. The second-order valence-corrected chi connectivity index (χ2v) is 8.28. The van der Waals surface area contributed by atoms with Gasteiger partial charge in [-0.05, 0) is 83.4 Å². The van der Waals surface area contributed by atoms with Crippen LogP contribution in [0.1, 0.15) is 22.3 Å². The fraction of sp³-hybridized carbons (Fsp3) is 0.130. The highest BCUT2D eigenvalue weighted by Gasteiger charge is 2.39. The van der Waals surface area contributed by atoms with Crippen LogP contribution in [0.3, 0.4) is 0 Å². The van der Waals surface area contributed by atoms with Gasteiger partial charge < -0.3 is 5.11 Å². The van der Waals surface area contributed by atoms with Crippen molar-refractivity contribution in [3.05, 3.63) is 81.3 Å². The molecule has 0 aromatic heterocycles. The number of benzene rings is 3. The van der Waals surface area contributed by atoms with Crippen LogP contribution in [0.15, 0.2) is 64.2 Å². The Morgan fingerprint density at radius 1 is 1.03 bits per heavy atom. The number of anilines is 3. The van der Waals surface area contributed by atoms with Crippen molar-refractivity contribution in [2.45, 2.75) is 20.0 Å². The van der Waals surface area contributed by atoms with Crippen molar-refractivity contribution in [3.8, 4) is 5.75 Å². The molecular formula is C23H17BrF3N3O2. The van der Waals surface area contributed by atoms with Crippen molar-refractivity contribution < 1.29 is 23.1 Å². The van der Waals surface area contributed by atoms with E-state index in [-0.39, 0.29) is 28.4 Å². The number of para-hydroxylation sites is 1. The van der Waals surface area contributed by atoms with Gasteiger partial charge in [-0.2, -0.15) is 18.3 Å². The molecule has 0 radical (unpaired) electrons. The van der Waals surface area contributed by atoms with Gasteiger partial charge >= 0.3 is 6.18 Å². The van der Waals surface area contributed by atoms with E-state index in [1.807, 2.05) is 19.9 Å². The number of nitrogens with zero attached hydrogens (tertiary/aromatic N) is 2. The number of aryl methyl sites for hydroxylation is 2. The average molecular weight is 504 g/mol. The lowest BCUT2D eigenvalue weighted by atomic mass is 10.1. The third kappa shape index (κ3) is 3.95. The Balaban J connectivity index is 1.85. The summed E-state index contributed by atoms with van der Waals surface area (Å²) in [7, 11) is 0. The number of phenols is 1. The molecule has 0 fully saturated rings. The standard InChI is InChI=1S/C23H17BrF3N3O2/c1-12-8-13(2)10-15(9-12)30-19-11-14(23(25,26)27)6-7-16(19)20(22(30)32)29-28-18-5-3-4-17(24)21(18)31/h3-11,28,31H,1-2H3/b29-20-. The smallest absolute Gasteiger partial charge is 0.416 e. The Labute approximate surface area is 190 Å². The topological polar surface area (TPSA) is 64.9 Å². The second-order valence-electron chi connectivity index (χ2n) is 7.42. The summed E-state index contributed by atoms with van der Waals surface area (Å²) in [4.78, 5) is 14.5. The van der Waals surface area contributed by atoms with Gasteiger partial charge in [-0.15, -0.1) is 0 Å². The zero-order valence-corrected chi connectivity index (χ0v) is 18.5. The zero-order chi connectivity index (χ0) is 23.2. The summed E-state index contributed by atoms with van der Waals surface area (Å²) in [5, 5.41) is 14.3. The lowest BCUT2D eigenvalue weighted by molar-refractivity contribution is -0.137. The van der Waals surface area contributed by atoms with Crippen molar-refractivity contribution in [2.24, 2.45) is 5.10 Å². The molecule has 0 saturated heterocycles. The second kappa shape index (κ2) is 7.98. The number of halogens is 4. The number of rotatable bonds is 3. The Bertz CT molecular complexity index is 1250. The summed E-state index contributed by atoms with van der Waals surface area (Å²) in [5.74, 6) is -0.688. The number of hydrogen-bond acceptors (Lipinski definition) is 4. The molecule has 3 aromatic rings. The zero-order valence-electron chi connectivity index (χ0n) is 17.0. The Morgan fingerprint density at radius 3 is 2.38 bits per heavy atom. The van der Waals surface area contributed by atoms with E-state index in [1.54, 1.807) is 30.3 Å². The van der Waals surface area contributed by atoms with E-state index in [9.17, 15) is 23.1 Å². The highest BCUT2D eigenvalue weighted by Crippen LogP contribution is 2.41. The first-order valence-corrected chi connectivity index (χ1v) is 10.3. The van der Waals surface area contributed by atoms with E-state index < -0.39 is 17.6 Å². The molecule has 5 nitrogen and oxygen atoms in total. The SMILES string of the molecule is Cc1cc(C)cc(N2C(=O)/C(=N\Nc3cccc(Br)c3O)c3ccc(C(F)(F)F)cc32)c1. The fourth-order valence-corrected chi connectivity index (χ4v) is 3.96. The molecule has 0 aliphatic carbocycles. The molecule has 1 heterocycles. The van der Waals surface area contributed by atoms with Crippen molar-refractivity contribution in [1.82, 2.24) is 0 Å². The van der Waals surface area contributed by atoms with Gasteiger partial charge in [-0.1, -0.05) is 12.1 Å². The summed E-state index contributed by atoms with van der Waals surface area (Å²) >= 11 is 3.20. The molecule has 2 N–H and O–H groups in total. The molecule has 0 saturated carbocycles. The van der Waals surface area contributed by atoms with Gasteiger partial charge in [-0.3, -0.25) is 15.1 Å². The molecule has 3 aromatic carbocycles. The lowest BCUT2D eigenvalue weighted by Crippen LogP contribution is -2.26. The highest BCUT2D eigenvalue weighted by atomic mass is 79.9. The normalized spacial score (nSPS) is 14.8. The van der Waals surface area contributed by atoms with Gasteiger partial charge in [0.25, 0.3) is 5.91 Å². The number of fused-ring (bicyclic) bond motifs is 1. The van der Waals surface area contributed by atoms with E-state index in [0.717, 1.165) is 23.3 Å². The predicted octanol–water partition coefficient (Wildman–Crippen LogP) is 6.28. The molecule has 0 atom stereocenters. The van der Waals surface area contributed by atoms with E-state index in [2.05, 4.69) is 26.5 Å². The van der Waals surface area contributed by atoms with Crippen molar-refractivity contribution in [3.63, 3.8) is 0 Å². The molecule has 0 unspecified atom stereocenters. The number of hydrazone groups is 1. The maximum atomic E-state index is 13.4. The number of phenolic OH excluding ortho intramolecular Hbond substituents is 1. The lowest BCUT2D eigenvalue weighted by Gasteiger charge is -2.19. The van der Waals surface area contributed by atoms with E-state index in [4.69, 9.17) is 0 Å². The van der Waals surface area contributed by atoms with Crippen LogP contribution in [0.5, 0.6) is 5.75 Å². The monoisotopic (exact) mass is 503 g/mol. The van der Waals surface area contributed by atoms with Crippen LogP contribution in [0.25, 0.3) is 0 Å². The molecule has 1 aliphatic rings. The number of carbonyl (C=O) groups is 1. The van der Waals surface area contributed by atoms with Crippen LogP contribution in [0, 0.1) is 13.8 Å².